The van der Waals surface area contributed by atoms with Crippen molar-refractivity contribution in [2.24, 2.45) is 17.8 Å². The van der Waals surface area contributed by atoms with Crippen LogP contribution in [0, 0.1) is 17.8 Å². The average molecular weight is 323 g/mol. The minimum atomic E-state index is 0.584. The van der Waals surface area contributed by atoms with E-state index in [0.717, 1.165) is 24.4 Å². The highest BCUT2D eigenvalue weighted by atomic mass is 16.5. The van der Waals surface area contributed by atoms with Crippen molar-refractivity contribution in [3.8, 4) is 0 Å². The van der Waals surface area contributed by atoms with E-state index in [4.69, 9.17) is 4.74 Å². The number of hydrogen-bond acceptors (Lipinski definition) is 1. The van der Waals surface area contributed by atoms with Crippen molar-refractivity contribution >= 4 is 0 Å². The fraction of sp³-hybridized carbons (Fsp3) is 1.00. The van der Waals surface area contributed by atoms with Crippen molar-refractivity contribution in [1.82, 2.24) is 0 Å². The van der Waals surface area contributed by atoms with E-state index in [0.29, 0.717) is 6.10 Å². The van der Waals surface area contributed by atoms with Crippen LogP contribution in [0.15, 0.2) is 0 Å². The summed E-state index contributed by atoms with van der Waals surface area (Å²) in [6.07, 6.45) is 22.5. The molecule has 0 radical (unpaired) electrons. The summed E-state index contributed by atoms with van der Waals surface area (Å²) in [6.45, 7) is 5.35. The normalized spacial score (nSPS) is 32.1. The Kier molecular flexibility index (Phi) is 9.65. The first-order chi connectivity index (χ1) is 11.3. The molecule has 0 amide bonds. The lowest BCUT2D eigenvalue weighted by molar-refractivity contribution is 0.0134. The Morgan fingerprint density at radius 3 is 1.83 bits per heavy atom. The molecule has 1 heteroatoms. The minimum absolute atomic E-state index is 0.584. The Labute approximate surface area is 146 Å². The molecule has 0 aliphatic heterocycles. The molecule has 1 nitrogen and oxygen atoms in total. The minimum Gasteiger partial charge on any atom is -0.379 e. The van der Waals surface area contributed by atoms with Crippen molar-refractivity contribution in [1.29, 1.82) is 0 Å². The molecule has 0 aromatic carbocycles. The monoisotopic (exact) mass is 322 g/mol. The third-order valence-corrected chi connectivity index (χ3v) is 6.65. The third-order valence-electron chi connectivity index (χ3n) is 6.65. The summed E-state index contributed by atoms with van der Waals surface area (Å²) in [7, 11) is 0. The van der Waals surface area contributed by atoms with E-state index in [-0.39, 0.29) is 0 Å². The summed E-state index contributed by atoms with van der Waals surface area (Å²) in [5.41, 5.74) is 0. The molecular weight excluding hydrogens is 280 g/mol. The van der Waals surface area contributed by atoms with Crippen molar-refractivity contribution in [3.63, 3.8) is 0 Å². The highest BCUT2D eigenvalue weighted by Crippen LogP contribution is 2.41. The molecule has 0 saturated heterocycles. The Morgan fingerprint density at radius 1 is 0.652 bits per heavy atom. The molecule has 2 aliphatic rings. The van der Waals surface area contributed by atoms with E-state index in [1.54, 1.807) is 0 Å². The van der Waals surface area contributed by atoms with E-state index in [9.17, 15) is 0 Å². The lowest BCUT2D eigenvalue weighted by Crippen LogP contribution is -2.28. The first kappa shape index (κ1) is 19.3. The van der Waals surface area contributed by atoms with Gasteiger partial charge in [-0.1, -0.05) is 64.7 Å². The molecule has 0 atom stereocenters. The highest BCUT2D eigenvalue weighted by Gasteiger charge is 2.30. The second kappa shape index (κ2) is 11.5. The van der Waals surface area contributed by atoms with Crippen molar-refractivity contribution in [2.45, 2.75) is 116 Å². The zero-order chi connectivity index (χ0) is 16.3. The van der Waals surface area contributed by atoms with Crippen LogP contribution in [0.25, 0.3) is 0 Å². The Balaban J connectivity index is 1.52. The predicted octanol–water partition coefficient (Wildman–Crippen LogP) is 7.14. The lowest BCUT2D eigenvalue weighted by Gasteiger charge is -2.37. The number of hydrogen-bond donors (Lipinski definition) is 0. The van der Waals surface area contributed by atoms with Gasteiger partial charge in [0.15, 0.2) is 0 Å². The van der Waals surface area contributed by atoms with Gasteiger partial charge in [-0.05, 0) is 63.2 Å². The van der Waals surface area contributed by atoms with Gasteiger partial charge in [0.05, 0.1) is 6.10 Å². The summed E-state index contributed by atoms with van der Waals surface area (Å²) in [5.74, 6) is 3.15. The Bertz CT molecular complexity index is 272. The van der Waals surface area contributed by atoms with Gasteiger partial charge in [-0.15, -0.1) is 0 Å². The standard InChI is InChI=1S/C22H42O/c1-3-5-6-7-8-9-10-19-11-13-20(14-12-19)21-15-17-22(18-16-21)23-4-2/h19-22H,3-18H2,1-2H3/t19?,20?,21-,22-. The summed E-state index contributed by atoms with van der Waals surface area (Å²) in [4.78, 5) is 0. The second-order valence-corrected chi connectivity index (χ2v) is 8.33. The van der Waals surface area contributed by atoms with Crippen LogP contribution in [0.5, 0.6) is 0 Å². The summed E-state index contributed by atoms with van der Waals surface area (Å²) < 4.78 is 5.81. The largest absolute Gasteiger partial charge is 0.379 e. The maximum atomic E-state index is 5.81. The summed E-state index contributed by atoms with van der Waals surface area (Å²) in [6, 6.07) is 0. The molecule has 2 rings (SSSR count). The van der Waals surface area contributed by atoms with Crippen LogP contribution < -0.4 is 0 Å². The maximum absolute atomic E-state index is 5.81. The number of unbranched alkanes of at least 4 members (excludes halogenated alkanes) is 5. The van der Waals surface area contributed by atoms with Crippen LogP contribution in [0.4, 0.5) is 0 Å². The molecule has 0 heterocycles. The molecule has 0 unspecified atom stereocenters. The van der Waals surface area contributed by atoms with E-state index in [2.05, 4.69) is 13.8 Å². The van der Waals surface area contributed by atoms with Crippen LogP contribution in [-0.2, 0) is 4.74 Å². The second-order valence-electron chi connectivity index (χ2n) is 8.33. The van der Waals surface area contributed by atoms with Crippen molar-refractivity contribution < 1.29 is 4.74 Å². The fourth-order valence-corrected chi connectivity index (χ4v) is 5.12. The molecular formula is C22H42O. The van der Waals surface area contributed by atoms with E-state index < -0.39 is 0 Å². The molecule has 0 N–H and O–H groups in total. The van der Waals surface area contributed by atoms with Gasteiger partial charge in [-0.25, -0.2) is 0 Å². The number of ether oxygens (including phenoxy) is 1. The highest BCUT2D eigenvalue weighted by molar-refractivity contribution is 4.82. The Morgan fingerprint density at radius 2 is 1.22 bits per heavy atom. The van der Waals surface area contributed by atoms with Crippen LogP contribution in [0.1, 0.15) is 110 Å². The van der Waals surface area contributed by atoms with E-state index in [1.165, 1.54) is 96.3 Å². The molecule has 2 fully saturated rings. The maximum Gasteiger partial charge on any atom is 0.0575 e. The quantitative estimate of drug-likeness (QED) is 0.388. The Hall–Kier alpha value is -0.0400. The predicted molar refractivity (Wildman–Crippen MR) is 101 cm³/mol. The smallest absolute Gasteiger partial charge is 0.0575 e. The fourth-order valence-electron chi connectivity index (χ4n) is 5.12. The average Bonchev–Trinajstić information content (AvgIpc) is 2.60. The van der Waals surface area contributed by atoms with Gasteiger partial charge in [0.25, 0.3) is 0 Å². The summed E-state index contributed by atoms with van der Waals surface area (Å²) >= 11 is 0. The van der Waals surface area contributed by atoms with Gasteiger partial charge < -0.3 is 4.74 Å². The van der Waals surface area contributed by atoms with Gasteiger partial charge in [-0.2, -0.15) is 0 Å². The zero-order valence-corrected chi connectivity index (χ0v) is 16.0. The summed E-state index contributed by atoms with van der Waals surface area (Å²) in [5, 5.41) is 0. The van der Waals surface area contributed by atoms with E-state index >= 15 is 0 Å². The van der Waals surface area contributed by atoms with Gasteiger partial charge in [-0.3, -0.25) is 0 Å². The molecule has 23 heavy (non-hydrogen) atoms. The molecule has 0 aromatic rings. The van der Waals surface area contributed by atoms with Crippen LogP contribution in [-0.4, -0.2) is 12.7 Å². The third kappa shape index (κ3) is 7.16. The van der Waals surface area contributed by atoms with Gasteiger partial charge in [0.2, 0.25) is 0 Å². The van der Waals surface area contributed by atoms with Gasteiger partial charge in [0.1, 0.15) is 0 Å². The molecule has 136 valence electrons. The zero-order valence-electron chi connectivity index (χ0n) is 16.0. The molecule has 2 aliphatic carbocycles. The van der Waals surface area contributed by atoms with Crippen LogP contribution in [0.2, 0.25) is 0 Å². The molecule has 0 spiro atoms. The molecule has 0 aromatic heterocycles. The first-order valence-corrected chi connectivity index (χ1v) is 10.9. The topological polar surface area (TPSA) is 9.23 Å². The SMILES string of the molecule is CCCCCCCCC1CCC([C@H]2CC[C@H](OCC)CC2)CC1. The van der Waals surface area contributed by atoms with Crippen LogP contribution >= 0.6 is 0 Å². The van der Waals surface area contributed by atoms with Gasteiger partial charge in [0, 0.05) is 6.61 Å². The first-order valence-electron chi connectivity index (χ1n) is 10.9. The molecule has 0 bridgehead atoms. The van der Waals surface area contributed by atoms with Crippen LogP contribution in [0.3, 0.4) is 0 Å². The molecule has 2 saturated carbocycles. The van der Waals surface area contributed by atoms with Crippen molar-refractivity contribution in [3.05, 3.63) is 0 Å². The van der Waals surface area contributed by atoms with Crippen molar-refractivity contribution in [2.75, 3.05) is 6.61 Å². The van der Waals surface area contributed by atoms with E-state index in [1.807, 2.05) is 0 Å². The number of rotatable bonds is 10. The van der Waals surface area contributed by atoms with Gasteiger partial charge >= 0.3 is 0 Å². The lowest BCUT2D eigenvalue weighted by atomic mass is 9.70.